The average molecular weight is 307 g/mol. The van der Waals surface area contributed by atoms with Crippen molar-refractivity contribution in [1.29, 1.82) is 0 Å². The number of hydrogen-bond acceptors (Lipinski definition) is 4. The Balaban J connectivity index is 3.22. The van der Waals surface area contributed by atoms with Gasteiger partial charge in [-0.25, -0.2) is 17.2 Å². The van der Waals surface area contributed by atoms with Crippen molar-refractivity contribution in [3.63, 3.8) is 0 Å². The highest BCUT2D eigenvalue weighted by atomic mass is 32.2. The van der Waals surface area contributed by atoms with E-state index in [1.807, 2.05) is 0 Å². The van der Waals surface area contributed by atoms with Crippen LogP contribution in [0.4, 0.5) is 14.5 Å². The van der Waals surface area contributed by atoms with Crippen LogP contribution < -0.4 is 4.90 Å². The highest BCUT2D eigenvalue weighted by Crippen LogP contribution is 2.26. The Bertz CT molecular complexity index is 520. The van der Waals surface area contributed by atoms with Gasteiger partial charge >= 0.3 is 0 Å². The summed E-state index contributed by atoms with van der Waals surface area (Å²) in [5, 5.41) is 8.97. The van der Waals surface area contributed by atoms with Crippen molar-refractivity contribution >= 4 is 15.5 Å². The topological polar surface area (TPSA) is 57.6 Å². The van der Waals surface area contributed by atoms with Crippen LogP contribution in [0.2, 0.25) is 0 Å². The van der Waals surface area contributed by atoms with E-state index in [1.165, 1.54) is 17.0 Å². The summed E-state index contributed by atoms with van der Waals surface area (Å²) >= 11 is 0. The van der Waals surface area contributed by atoms with Crippen LogP contribution in [0.25, 0.3) is 0 Å². The van der Waals surface area contributed by atoms with E-state index >= 15 is 0 Å². The maximum absolute atomic E-state index is 12.6. The summed E-state index contributed by atoms with van der Waals surface area (Å²) < 4.78 is 49.5. The second-order valence-electron chi connectivity index (χ2n) is 4.35. The van der Waals surface area contributed by atoms with E-state index in [9.17, 15) is 17.2 Å². The van der Waals surface area contributed by atoms with Crippen molar-refractivity contribution in [1.82, 2.24) is 0 Å². The molecule has 0 heterocycles. The maximum Gasteiger partial charge on any atom is 0.255 e. The molecule has 1 N–H and O–H groups in total. The fourth-order valence-electron chi connectivity index (χ4n) is 1.96. The first kappa shape index (κ1) is 16.8. The Labute approximate surface area is 117 Å². The summed E-state index contributed by atoms with van der Waals surface area (Å²) in [6, 6.07) is 6.05. The van der Waals surface area contributed by atoms with E-state index in [4.69, 9.17) is 5.11 Å². The van der Waals surface area contributed by atoms with Crippen molar-refractivity contribution < 1.29 is 22.3 Å². The van der Waals surface area contributed by atoms with Gasteiger partial charge in [0, 0.05) is 6.54 Å². The molecule has 1 aromatic rings. The molecule has 4 nitrogen and oxygen atoms in total. The predicted molar refractivity (Wildman–Crippen MR) is 74.1 cm³/mol. The highest BCUT2D eigenvalue weighted by Gasteiger charge is 2.22. The highest BCUT2D eigenvalue weighted by molar-refractivity contribution is 7.91. The summed E-state index contributed by atoms with van der Waals surface area (Å²) in [5.74, 6) is -0.0361. The van der Waals surface area contributed by atoms with Crippen LogP contribution >= 0.6 is 0 Å². The van der Waals surface area contributed by atoms with Crippen molar-refractivity contribution in [2.45, 2.75) is 24.7 Å². The second kappa shape index (κ2) is 7.54. The van der Waals surface area contributed by atoms with E-state index in [-0.39, 0.29) is 29.5 Å². The zero-order valence-corrected chi connectivity index (χ0v) is 12.1. The monoisotopic (exact) mass is 307 g/mol. The molecule has 7 heteroatoms. The molecule has 0 fully saturated rings. The first-order chi connectivity index (χ1) is 9.42. The number of aliphatic hydroxyl groups is 1. The smallest absolute Gasteiger partial charge is 0.255 e. The van der Waals surface area contributed by atoms with Gasteiger partial charge in [0.05, 0.1) is 29.5 Å². The van der Waals surface area contributed by atoms with Gasteiger partial charge in [-0.2, -0.15) is 0 Å². The molecule has 0 aliphatic heterocycles. The number of anilines is 1. The molecule has 20 heavy (non-hydrogen) atoms. The lowest BCUT2D eigenvalue weighted by Gasteiger charge is -2.25. The molecule has 0 aromatic heterocycles. The number of hydrogen-bond donors (Lipinski definition) is 1. The quantitative estimate of drug-likeness (QED) is 0.797. The van der Waals surface area contributed by atoms with Crippen LogP contribution in [0.5, 0.6) is 0 Å². The van der Waals surface area contributed by atoms with Crippen LogP contribution in [0.15, 0.2) is 29.2 Å². The fraction of sp³-hybridized carbons (Fsp3) is 0.538. The molecule has 0 spiro atoms. The number of alkyl halides is 2. The molecule has 0 radical (unpaired) electrons. The summed E-state index contributed by atoms with van der Waals surface area (Å²) in [7, 11) is -3.51. The van der Waals surface area contributed by atoms with Gasteiger partial charge in [-0.3, -0.25) is 0 Å². The van der Waals surface area contributed by atoms with Crippen LogP contribution in [-0.2, 0) is 9.84 Å². The van der Waals surface area contributed by atoms with Gasteiger partial charge in [-0.05, 0) is 18.6 Å². The van der Waals surface area contributed by atoms with E-state index in [2.05, 4.69) is 0 Å². The minimum absolute atomic E-state index is 0.0361. The molecule has 0 saturated carbocycles. The van der Waals surface area contributed by atoms with Crippen molar-refractivity contribution in [2.24, 2.45) is 0 Å². The maximum atomic E-state index is 12.6. The number of aliphatic hydroxyl groups excluding tert-OH is 1. The molecule has 0 atom stereocenters. The molecule has 0 aliphatic rings. The number of nitrogens with zero attached hydrogens (tertiary/aromatic N) is 1. The molecule has 0 amide bonds. The van der Waals surface area contributed by atoms with Gasteiger partial charge in [0.2, 0.25) is 0 Å². The summed E-state index contributed by atoms with van der Waals surface area (Å²) in [5.41, 5.74) is 0.218. The Morgan fingerprint density at radius 1 is 1.30 bits per heavy atom. The van der Waals surface area contributed by atoms with E-state index in [0.29, 0.717) is 6.42 Å². The molecule has 1 aromatic carbocycles. The fourth-order valence-corrected chi connectivity index (χ4v) is 3.52. The summed E-state index contributed by atoms with van der Waals surface area (Å²) in [6.07, 6.45) is -2.16. The molecule has 114 valence electrons. The third-order valence-electron chi connectivity index (χ3n) is 2.74. The zero-order chi connectivity index (χ0) is 15.2. The SMILES string of the molecule is CCCS(=O)(=O)c1ccccc1N(CCO)CC(F)F. The van der Waals surface area contributed by atoms with Gasteiger partial charge in [-0.1, -0.05) is 19.1 Å². The first-order valence-corrected chi connectivity index (χ1v) is 8.03. The minimum Gasteiger partial charge on any atom is -0.395 e. The van der Waals surface area contributed by atoms with Gasteiger partial charge in [0.15, 0.2) is 9.84 Å². The van der Waals surface area contributed by atoms with Crippen LogP contribution in [0.1, 0.15) is 13.3 Å². The Hall–Kier alpha value is -1.21. The third kappa shape index (κ3) is 4.42. The molecule has 0 aliphatic carbocycles. The number of para-hydroxylation sites is 1. The van der Waals surface area contributed by atoms with E-state index in [1.54, 1.807) is 19.1 Å². The number of rotatable bonds is 8. The Kier molecular flexibility index (Phi) is 6.35. The van der Waals surface area contributed by atoms with E-state index < -0.39 is 22.8 Å². The Morgan fingerprint density at radius 3 is 2.50 bits per heavy atom. The normalized spacial score (nSPS) is 11.8. The van der Waals surface area contributed by atoms with Crippen molar-refractivity contribution in [2.75, 3.05) is 30.3 Å². The Morgan fingerprint density at radius 2 is 1.95 bits per heavy atom. The van der Waals surface area contributed by atoms with Crippen LogP contribution in [0, 0.1) is 0 Å². The first-order valence-electron chi connectivity index (χ1n) is 6.38. The van der Waals surface area contributed by atoms with Crippen molar-refractivity contribution in [3.8, 4) is 0 Å². The molecule has 0 bridgehead atoms. The summed E-state index contributed by atoms with van der Waals surface area (Å²) in [4.78, 5) is 1.24. The average Bonchev–Trinajstić information content (AvgIpc) is 2.38. The molecule has 0 saturated heterocycles. The van der Waals surface area contributed by atoms with Gasteiger partial charge < -0.3 is 10.0 Å². The lowest BCUT2D eigenvalue weighted by atomic mass is 10.3. The van der Waals surface area contributed by atoms with Crippen LogP contribution in [-0.4, -0.2) is 45.4 Å². The van der Waals surface area contributed by atoms with Crippen molar-refractivity contribution in [3.05, 3.63) is 24.3 Å². The predicted octanol–water partition coefficient (Wildman–Crippen LogP) is 1.93. The standard InChI is InChI=1S/C13H19F2NO3S/c1-2-9-20(18,19)12-6-4-3-5-11(12)16(7-8-17)10-13(14)15/h3-6,13,17H,2,7-10H2,1H3. The number of sulfone groups is 1. The summed E-state index contributed by atoms with van der Waals surface area (Å²) in [6.45, 7) is 0.766. The minimum atomic E-state index is -3.51. The molecular formula is C13H19F2NO3S. The van der Waals surface area contributed by atoms with E-state index in [0.717, 1.165) is 0 Å². The third-order valence-corrected chi connectivity index (χ3v) is 4.70. The van der Waals surface area contributed by atoms with Gasteiger partial charge in [0.1, 0.15) is 0 Å². The lowest BCUT2D eigenvalue weighted by Crippen LogP contribution is -2.32. The number of benzene rings is 1. The number of halogens is 2. The van der Waals surface area contributed by atoms with Gasteiger partial charge in [0.25, 0.3) is 6.43 Å². The zero-order valence-electron chi connectivity index (χ0n) is 11.3. The van der Waals surface area contributed by atoms with Crippen LogP contribution in [0.3, 0.4) is 0 Å². The van der Waals surface area contributed by atoms with Gasteiger partial charge in [-0.15, -0.1) is 0 Å². The molecule has 0 unspecified atom stereocenters. The molecular weight excluding hydrogens is 288 g/mol. The largest absolute Gasteiger partial charge is 0.395 e. The molecule has 1 rings (SSSR count). The lowest BCUT2D eigenvalue weighted by molar-refractivity contribution is 0.152. The second-order valence-corrected chi connectivity index (χ2v) is 6.42.